The van der Waals surface area contributed by atoms with Gasteiger partial charge in [0, 0.05) is 6.20 Å². The van der Waals surface area contributed by atoms with E-state index in [1.54, 1.807) is 25.5 Å². The van der Waals surface area contributed by atoms with Crippen LogP contribution in [-0.2, 0) is 4.79 Å². The Hall–Kier alpha value is -1.42. The van der Waals surface area contributed by atoms with Gasteiger partial charge in [0.05, 0.1) is 17.9 Å². The maximum Gasteiger partial charge on any atom is 0.241 e. The zero-order valence-electron chi connectivity index (χ0n) is 9.32. The molecular formula is C11H17N3O. The van der Waals surface area contributed by atoms with Crippen molar-refractivity contribution >= 4 is 11.6 Å². The second-order valence-corrected chi connectivity index (χ2v) is 3.74. The molecule has 4 nitrogen and oxygen atoms in total. The smallest absolute Gasteiger partial charge is 0.241 e. The van der Waals surface area contributed by atoms with Gasteiger partial charge >= 0.3 is 0 Å². The third-order valence-electron chi connectivity index (χ3n) is 2.19. The van der Waals surface area contributed by atoms with Gasteiger partial charge in [-0.3, -0.25) is 9.78 Å². The van der Waals surface area contributed by atoms with E-state index in [-0.39, 0.29) is 17.9 Å². The Bertz CT molecular complexity index is 311. The maximum absolute atomic E-state index is 11.8. The number of hydrogen-bond donors (Lipinski definition) is 2. The molecule has 1 heterocycles. The zero-order valence-corrected chi connectivity index (χ0v) is 9.32. The summed E-state index contributed by atoms with van der Waals surface area (Å²) in [6.07, 6.45) is 3.30. The topological polar surface area (TPSA) is 54.0 Å². The first kappa shape index (κ1) is 11.7. The van der Waals surface area contributed by atoms with Crippen LogP contribution in [0.25, 0.3) is 0 Å². The first-order valence-electron chi connectivity index (χ1n) is 5.03. The normalized spacial score (nSPS) is 12.5. The lowest BCUT2D eigenvalue weighted by Crippen LogP contribution is -2.42. The molecule has 0 bridgehead atoms. The summed E-state index contributed by atoms with van der Waals surface area (Å²) in [5, 5.41) is 5.80. The number of rotatable bonds is 4. The van der Waals surface area contributed by atoms with Crippen LogP contribution in [0.2, 0.25) is 0 Å². The molecule has 2 N–H and O–H groups in total. The third-order valence-corrected chi connectivity index (χ3v) is 2.19. The van der Waals surface area contributed by atoms with E-state index in [1.165, 1.54) is 0 Å². The van der Waals surface area contributed by atoms with Gasteiger partial charge in [-0.15, -0.1) is 0 Å². The first-order valence-corrected chi connectivity index (χ1v) is 5.03. The molecule has 0 radical (unpaired) electrons. The van der Waals surface area contributed by atoms with Gasteiger partial charge < -0.3 is 10.6 Å². The van der Waals surface area contributed by atoms with Gasteiger partial charge in [0.2, 0.25) is 5.91 Å². The highest BCUT2D eigenvalue weighted by Gasteiger charge is 2.19. The second kappa shape index (κ2) is 5.46. The van der Waals surface area contributed by atoms with Crippen molar-refractivity contribution in [3.05, 3.63) is 24.5 Å². The van der Waals surface area contributed by atoms with Gasteiger partial charge in [0.25, 0.3) is 0 Å². The zero-order chi connectivity index (χ0) is 11.3. The van der Waals surface area contributed by atoms with Crippen LogP contribution >= 0.6 is 0 Å². The Morgan fingerprint density at radius 3 is 2.67 bits per heavy atom. The number of likely N-dealkylation sites (N-methyl/N-ethyl adjacent to an activating group) is 1. The summed E-state index contributed by atoms with van der Waals surface area (Å²) in [5.41, 5.74) is 0.725. The number of nitrogens with zero attached hydrogens (tertiary/aromatic N) is 1. The lowest BCUT2D eigenvalue weighted by molar-refractivity contribution is -0.118. The number of hydrogen-bond acceptors (Lipinski definition) is 3. The Labute approximate surface area is 90.1 Å². The number of amides is 1. The van der Waals surface area contributed by atoms with Crippen molar-refractivity contribution in [3.8, 4) is 0 Å². The van der Waals surface area contributed by atoms with Crippen LogP contribution in [0, 0.1) is 5.92 Å². The van der Waals surface area contributed by atoms with Crippen molar-refractivity contribution in [1.82, 2.24) is 10.3 Å². The molecule has 1 aromatic heterocycles. The van der Waals surface area contributed by atoms with Gasteiger partial charge in [0.15, 0.2) is 0 Å². The maximum atomic E-state index is 11.8. The van der Waals surface area contributed by atoms with Crippen molar-refractivity contribution in [3.63, 3.8) is 0 Å². The van der Waals surface area contributed by atoms with Crippen LogP contribution in [0.1, 0.15) is 13.8 Å². The molecular weight excluding hydrogens is 190 g/mol. The Kier molecular flexibility index (Phi) is 4.24. The van der Waals surface area contributed by atoms with Crippen molar-refractivity contribution in [2.24, 2.45) is 5.92 Å². The standard InChI is InChI=1S/C11H17N3O/c1-8(2)10(12-3)11(15)14-9-5-4-6-13-7-9/h4-8,10,12H,1-3H3,(H,14,15). The summed E-state index contributed by atoms with van der Waals surface area (Å²) in [6, 6.07) is 3.43. The second-order valence-electron chi connectivity index (χ2n) is 3.74. The number of nitrogens with one attached hydrogen (secondary N) is 2. The summed E-state index contributed by atoms with van der Waals surface area (Å²) in [7, 11) is 1.79. The van der Waals surface area contributed by atoms with E-state index in [2.05, 4.69) is 15.6 Å². The summed E-state index contributed by atoms with van der Waals surface area (Å²) in [5.74, 6) is 0.229. The fourth-order valence-electron chi connectivity index (χ4n) is 1.42. The van der Waals surface area contributed by atoms with E-state index in [4.69, 9.17) is 0 Å². The lowest BCUT2D eigenvalue weighted by atomic mass is 10.0. The molecule has 0 saturated heterocycles. The number of aromatic nitrogens is 1. The highest BCUT2D eigenvalue weighted by atomic mass is 16.2. The predicted molar refractivity (Wildman–Crippen MR) is 60.6 cm³/mol. The average Bonchev–Trinajstić information content (AvgIpc) is 2.19. The summed E-state index contributed by atoms with van der Waals surface area (Å²) >= 11 is 0. The van der Waals surface area contributed by atoms with Gasteiger partial charge in [-0.25, -0.2) is 0 Å². The monoisotopic (exact) mass is 207 g/mol. The molecule has 1 aromatic rings. The highest BCUT2D eigenvalue weighted by molar-refractivity contribution is 5.94. The highest BCUT2D eigenvalue weighted by Crippen LogP contribution is 2.07. The summed E-state index contributed by atoms with van der Waals surface area (Å²) in [6.45, 7) is 4.01. The number of carbonyl (C=O) groups excluding carboxylic acids is 1. The number of anilines is 1. The van der Waals surface area contributed by atoms with Crippen molar-refractivity contribution < 1.29 is 4.79 Å². The van der Waals surface area contributed by atoms with Crippen LogP contribution in [0.15, 0.2) is 24.5 Å². The largest absolute Gasteiger partial charge is 0.323 e. The molecule has 0 aliphatic carbocycles. The van der Waals surface area contributed by atoms with Crippen LogP contribution < -0.4 is 10.6 Å². The minimum absolute atomic E-state index is 0.0273. The van der Waals surface area contributed by atoms with Gasteiger partial charge in [-0.1, -0.05) is 13.8 Å². The minimum atomic E-state index is -0.176. The van der Waals surface area contributed by atoms with Gasteiger partial charge in [0.1, 0.15) is 0 Å². The number of carbonyl (C=O) groups is 1. The van der Waals surface area contributed by atoms with Crippen LogP contribution in [0.5, 0.6) is 0 Å². The molecule has 1 atom stereocenters. The van der Waals surface area contributed by atoms with E-state index in [0.717, 1.165) is 5.69 Å². The van der Waals surface area contributed by atoms with Gasteiger partial charge in [-0.05, 0) is 25.1 Å². The predicted octanol–water partition coefficient (Wildman–Crippen LogP) is 1.26. The Balaban J connectivity index is 2.62. The molecule has 1 amide bonds. The molecule has 0 aliphatic heterocycles. The minimum Gasteiger partial charge on any atom is -0.323 e. The molecule has 0 aliphatic rings. The summed E-state index contributed by atoms with van der Waals surface area (Å²) in [4.78, 5) is 15.7. The quantitative estimate of drug-likeness (QED) is 0.781. The average molecular weight is 207 g/mol. The third kappa shape index (κ3) is 3.32. The van der Waals surface area contributed by atoms with Crippen molar-refractivity contribution in [2.45, 2.75) is 19.9 Å². The SMILES string of the molecule is CNC(C(=O)Nc1cccnc1)C(C)C. The van der Waals surface area contributed by atoms with E-state index < -0.39 is 0 Å². The van der Waals surface area contributed by atoms with Gasteiger partial charge in [-0.2, -0.15) is 0 Å². The van der Waals surface area contributed by atoms with E-state index >= 15 is 0 Å². The van der Waals surface area contributed by atoms with E-state index in [0.29, 0.717) is 0 Å². The molecule has 4 heteroatoms. The fourth-order valence-corrected chi connectivity index (χ4v) is 1.42. The van der Waals surface area contributed by atoms with Crippen LogP contribution in [0.3, 0.4) is 0 Å². The molecule has 0 spiro atoms. The fraction of sp³-hybridized carbons (Fsp3) is 0.455. The molecule has 1 rings (SSSR count). The van der Waals surface area contributed by atoms with Crippen LogP contribution in [0.4, 0.5) is 5.69 Å². The first-order chi connectivity index (χ1) is 7.15. The lowest BCUT2D eigenvalue weighted by Gasteiger charge is -2.19. The van der Waals surface area contributed by atoms with Crippen LogP contribution in [-0.4, -0.2) is 24.0 Å². The molecule has 0 saturated carbocycles. The molecule has 0 fully saturated rings. The Morgan fingerprint density at radius 2 is 2.20 bits per heavy atom. The Morgan fingerprint density at radius 1 is 1.47 bits per heavy atom. The molecule has 15 heavy (non-hydrogen) atoms. The van der Waals surface area contributed by atoms with Crippen molar-refractivity contribution in [2.75, 3.05) is 12.4 Å². The summed E-state index contributed by atoms with van der Waals surface area (Å²) < 4.78 is 0. The van der Waals surface area contributed by atoms with E-state index in [1.807, 2.05) is 19.9 Å². The van der Waals surface area contributed by atoms with E-state index in [9.17, 15) is 4.79 Å². The molecule has 1 unspecified atom stereocenters. The number of pyridine rings is 1. The molecule has 0 aromatic carbocycles. The van der Waals surface area contributed by atoms with Crippen molar-refractivity contribution in [1.29, 1.82) is 0 Å². The molecule has 82 valence electrons.